The molecule has 4 rings (SSSR count). The fourth-order valence-corrected chi connectivity index (χ4v) is 6.29. The van der Waals surface area contributed by atoms with Crippen molar-refractivity contribution in [2.24, 2.45) is 0 Å². The first-order valence-electron chi connectivity index (χ1n) is 14.0. The molecule has 0 aliphatic carbocycles. The van der Waals surface area contributed by atoms with E-state index in [4.69, 9.17) is 4.74 Å². The predicted octanol–water partition coefficient (Wildman–Crippen LogP) is 6.08. The number of ether oxygens (including phenoxy) is 1. The third-order valence-corrected chi connectivity index (χ3v) is 8.53. The van der Waals surface area contributed by atoms with Crippen molar-refractivity contribution in [3.05, 3.63) is 65.4 Å². The first-order valence-corrected chi connectivity index (χ1v) is 14.8. The van der Waals surface area contributed by atoms with Gasteiger partial charge in [0.15, 0.2) is 5.78 Å². The molecule has 0 bridgehead atoms. The number of carbonyl (C=O) groups excluding carboxylic acids is 2. The van der Waals surface area contributed by atoms with Gasteiger partial charge in [0.2, 0.25) is 5.91 Å². The molecule has 0 radical (unpaired) electrons. The number of hydrogen-bond acceptors (Lipinski definition) is 7. The lowest BCUT2D eigenvalue weighted by molar-refractivity contribution is -0.163. The van der Waals surface area contributed by atoms with Gasteiger partial charge in [-0.1, -0.05) is 17.8 Å². The van der Waals surface area contributed by atoms with Crippen molar-refractivity contribution in [3.63, 3.8) is 0 Å². The Morgan fingerprint density at radius 2 is 1.64 bits per heavy atom. The number of halogens is 6. The lowest BCUT2D eigenvalue weighted by atomic mass is 9.96. The second-order valence-corrected chi connectivity index (χ2v) is 11.8. The van der Waals surface area contributed by atoms with Crippen LogP contribution in [0.1, 0.15) is 47.2 Å². The number of nitrogens with zero attached hydrogens (tertiary/aromatic N) is 2. The molecule has 0 spiro atoms. The molecule has 0 unspecified atom stereocenters. The number of nitrogens with one attached hydrogen (secondary N) is 1. The summed E-state index contributed by atoms with van der Waals surface area (Å²) in [6.07, 6.45) is -7.22. The zero-order valence-electron chi connectivity index (χ0n) is 23.9. The molecule has 2 heterocycles. The van der Waals surface area contributed by atoms with Gasteiger partial charge in [0.05, 0.1) is 17.2 Å². The van der Waals surface area contributed by atoms with Crippen LogP contribution < -0.4 is 5.32 Å². The third kappa shape index (κ3) is 8.69. The highest BCUT2D eigenvalue weighted by Crippen LogP contribution is 2.48. The normalized spacial score (nSPS) is 17.4. The van der Waals surface area contributed by atoms with Crippen LogP contribution >= 0.6 is 11.8 Å². The number of ketones is 1. The molecule has 2 aromatic carbocycles. The van der Waals surface area contributed by atoms with E-state index in [2.05, 4.69) is 5.32 Å². The second-order valence-electron chi connectivity index (χ2n) is 10.7. The van der Waals surface area contributed by atoms with Crippen molar-refractivity contribution < 1.29 is 45.8 Å². The van der Waals surface area contributed by atoms with E-state index in [9.17, 15) is 41.0 Å². The van der Waals surface area contributed by atoms with Crippen molar-refractivity contribution in [2.75, 3.05) is 45.2 Å². The summed E-state index contributed by atoms with van der Waals surface area (Å²) in [5.74, 6) is -1.32. The van der Waals surface area contributed by atoms with Gasteiger partial charge in [0.1, 0.15) is 6.61 Å². The van der Waals surface area contributed by atoms with E-state index in [0.717, 1.165) is 18.2 Å². The maximum atomic E-state index is 14.3. The molecule has 2 saturated heterocycles. The fourth-order valence-electron chi connectivity index (χ4n) is 5.25. The first-order chi connectivity index (χ1) is 20.8. The molecular formula is C30H33F6N3O4S. The number of piperidine rings is 2. The number of aliphatic hydroxyl groups is 1. The van der Waals surface area contributed by atoms with Crippen LogP contribution in [-0.2, 0) is 21.9 Å². The van der Waals surface area contributed by atoms with E-state index < -0.39 is 45.8 Å². The summed E-state index contributed by atoms with van der Waals surface area (Å²) in [4.78, 5) is 27.7. The summed E-state index contributed by atoms with van der Waals surface area (Å²) >= 11 is 0.526. The van der Waals surface area contributed by atoms with E-state index in [0.29, 0.717) is 69.3 Å². The Morgan fingerprint density at radius 1 is 0.977 bits per heavy atom. The van der Waals surface area contributed by atoms with Gasteiger partial charge in [-0.05, 0) is 56.0 Å². The predicted molar refractivity (Wildman–Crippen MR) is 152 cm³/mol. The zero-order valence-corrected chi connectivity index (χ0v) is 24.7. The Morgan fingerprint density at radius 3 is 2.25 bits per heavy atom. The highest BCUT2D eigenvalue weighted by Gasteiger charge is 2.47. The minimum absolute atomic E-state index is 0.0104. The molecule has 7 nitrogen and oxygen atoms in total. The SMILES string of the molecule is COCC(=O)N1CCC(Nc2cccc(Sc3ccc(C(=O)C=CN4CCC(O)CC4)c(C(F)(F)F)c3C(F)(F)F)c2)CC1. The van der Waals surface area contributed by atoms with Crippen molar-refractivity contribution in [3.8, 4) is 0 Å². The number of anilines is 1. The van der Waals surface area contributed by atoms with Gasteiger partial charge in [0, 0.05) is 72.6 Å². The number of methoxy groups -OCH3 is 1. The number of likely N-dealkylation sites (tertiary alicyclic amines) is 2. The molecule has 2 aromatic rings. The molecular weight excluding hydrogens is 612 g/mol. The van der Waals surface area contributed by atoms with E-state index in [1.165, 1.54) is 19.4 Å². The molecule has 0 saturated carbocycles. The summed E-state index contributed by atoms with van der Waals surface area (Å²) in [6.45, 7) is 1.72. The number of benzene rings is 2. The van der Waals surface area contributed by atoms with E-state index in [1.807, 2.05) is 0 Å². The van der Waals surface area contributed by atoms with Crippen LogP contribution in [0, 0.1) is 0 Å². The summed E-state index contributed by atoms with van der Waals surface area (Å²) in [6, 6.07) is 8.00. The van der Waals surface area contributed by atoms with Crippen molar-refractivity contribution >= 4 is 29.1 Å². The Kier molecular flexibility index (Phi) is 10.9. The Hall–Kier alpha value is -3.23. The summed E-state index contributed by atoms with van der Waals surface area (Å²) in [5, 5.41) is 12.9. The van der Waals surface area contributed by atoms with Crippen LogP contribution in [0.15, 0.2) is 58.5 Å². The Bertz CT molecular complexity index is 1350. The Balaban J connectivity index is 1.56. The fraction of sp³-hybridized carbons (Fsp3) is 0.467. The molecule has 2 N–H and O–H groups in total. The molecule has 0 atom stereocenters. The molecule has 14 heteroatoms. The van der Waals surface area contributed by atoms with Gasteiger partial charge in [-0.15, -0.1) is 0 Å². The average molecular weight is 646 g/mol. The number of alkyl halides is 6. The summed E-state index contributed by atoms with van der Waals surface area (Å²) in [7, 11) is 1.44. The lowest BCUT2D eigenvalue weighted by Gasteiger charge is -2.32. The number of allylic oxidation sites excluding steroid dienone is 1. The number of carbonyl (C=O) groups is 2. The number of rotatable bonds is 9. The second kappa shape index (κ2) is 14.2. The summed E-state index contributed by atoms with van der Waals surface area (Å²) < 4.78 is 90.5. The standard InChI is InChI=1S/C30H33F6N3O4S/c1-43-18-26(42)39-15-7-19(8-16-39)37-20-3-2-4-22(17-20)44-25-6-5-23(27(29(31,32)33)28(25)30(34,35)36)24(41)11-14-38-12-9-21(40)10-13-38/h2-6,11,14,17,19,21,37,40H,7-10,12-13,15-16,18H2,1H3. The minimum atomic E-state index is -5.46. The highest BCUT2D eigenvalue weighted by molar-refractivity contribution is 7.99. The maximum absolute atomic E-state index is 14.3. The van der Waals surface area contributed by atoms with Gasteiger partial charge in [-0.2, -0.15) is 26.3 Å². The van der Waals surface area contributed by atoms with Gasteiger partial charge in [-0.3, -0.25) is 9.59 Å². The van der Waals surface area contributed by atoms with Gasteiger partial charge >= 0.3 is 12.4 Å². The Labute approximate surface area is 255 Å². The lowest BCUT2D eigenvalue weighted by Crippen LogP contribution is -2.43. The molecule has 1 amide bonds. The third-order valence-electron chi connectivity index (χ3n) is 7.48. The monoisotopic (exact) mass is 645 g/mol. The zero-order chi connectivity index (χ0) is 32.1. The number of hydrogen-bond donors (Lipinski definition) is 2. The molecule has 2 aliphatic rings. The van der Waals surface area contributed by atoms with Crippen LogP contribution in [0.25, 0.3) is 0 Å². The molecule has 44 heavy (non-hydrogen) atoms. The molecule has 240 valence electrons. The molecule has 2 fully saturated rings. The van der Waals surface area contributed by atoms with Gasteiger partial charge in [-0.25, -0.2) is 0 Å². The topological polar surface area (TPSA) is 82.1 Å². The smallest absolute Gasteiger partial charge is 0.393 e. The van der Waals surface area contributed by atoms with Gasteiger partial charge in [0.25, 0.3) is 0 Å². The van der Waals surface area contributed by atoms with E-state index in [-0.39, 0.29) is 23.5 Å². The highest BCUT2D eigenvalue weighted by atomic mass is 32.2. The number of aliphatic hydroxyl groups excluding tert-OH is 1. The minimum Gasteiger partial charge on any atom is -0.393 e. The van der Waals surface area contributed by atoms with Crippen molar-refractivity contribution in [1.29, 1.82) is 0 Å². The average Bonchev–Trinajstić information content (AvgIpc) is 2.96. The molecule has 0 aromatic heterocycles. The quantitative estimate of drug-likeness (QED) is 0.195. The van der Waals surface area contributed by atoms with Gasteiger partial charge < -0.3 is 25.0 Å². The van der Waals surface area contributed by atoms with Crippen LogP contribution in [0.2, 0.25) is 0 Å². The molecule has 2 aliphatic heterocycles. The number of amides is 1. The van der Waals surface area contributed by atoms with E-state index >= 15 is 0 Å². The largest absolute Gasteiger partial charge is 0.418 e. The van der Waals surface area contributed by atoms with Crippen LogP contribution in [0.3, 0.4) is 0 Å². The van der Waals surface area contributed by atoms with Crippen LogP contribution in [-0.4, -0.2) is 78.6 Å². The van der Waals surface area contributed by atoms with E-state index in [1.54, 1.807) is 28.0 Å². The van der Waals surface area contributed by atoms with Crippen molar-refractivity contribution in [2.45, 2.75) is 60.0 Å². The summed E-state index contributed by atoms with van der Waals surface area (Å²) in [5.41, 5.74) is -4.46. The maximum Gasteiger partial charge on any atom is 0.418 e. The van der Waals surface area contributed by atoms with Crippen LogP contribution in [0.5, 0.6) is 0 Å². The van der Waals surface area contributed by atoms with Crippen molar-refractivity contribution in [1.82, 2.24) is 9.80 Å². The van der Waals surface area contributed by atoms with Crippen LogP contribution in [0.4, 0.5) is 32.0 Å². The first kappa shape index (κ1) is 33.7.